The third-order valence-electron chi connectivity index (χ3n) is 3.40. The third kappa shape index (κ3) is 4.68. The summed E-state index contributed by atoms with van der Waals surface area (Å²) in [4.78, 5) is 23.9. The summed E-state index contributed by atoms with van der Waals surface area (Å²) in [6, 6.07) is 13.6. The Bertz CT molecular complexity index is 674. The molecule has 2 aromatic rings. The van der Waals surface area contributed by atoms with Crippen LogP contribution in [-0.2, 0) is 4.74 Å². The van der Waals surface area contributed by atoms with E-state index in [0.29, 0.717) is 23.5 Å². The normalized spacial score (nSPS) is 10.2. The highest BCUT2D eigenvalue weighted by atomic mass is 16.5. The zero-order valence-electron chi connectivity index (χ0n) is 13.4. The van der Waals surface area contributed by atoms with Gasteiger partial charge in [0.25, 0.3) is 0 Å². The van der Waals surface area contributed by atoms with Crippen LogP contribution in [0.3, 0.4) is 0 Å². The molecule has 0 saturated heterocycles. The fourth-order valence-corrected chi connectivity index (χ4v) is 2.02. The minimum atomic E-state index is -0.415. The predicted molar refractivity (Wildman–Crippen MR) is 87.8 cm³/mol. The van der Waals surface area contributed by atoms with Gasteiger partial charge in [-0.3, -0.25) is 0 Å². The van der Waals surface area contributed by atoms with Gasteiger partial charge in [-0.1, -0.05) is 31.5 Å². The Hall–Kier alpha value is -2.62. The number of carbonyl (C=O) groups excluding carboxylic acids is 2. The topological polar surface area (TPSA) is 52.6 Å². The molecule has 0 spiro atoms. The maximum atomic E-state index is 12.1. The van der Waals surface area contributed by atoms with Crippen LogP contribution in [0.1, 0.15) is 46.0 Å². The van der Waals surface area contributed by atoms with Gasteiger partial charge in [0.05, 0.1) is 17.7 Å². The number of unbranched alkanes of at least 4 members (excludes halogenated alkanes) is 1. The van der Waals surface area contributed by atoms with Gasteiger partial charge >= 0.3 is 11.9 Å². The Labute approximate surface area is 136 Å². The summed E-state index contributed by atoms with van der Waals surface area (Å²) in [6.45, 7) is 4.30. The molecule has 0 unspecified atom stereocenters. The van der Waals surface area contributed by atoms with Gasteiger partial charge in [0.2, 0.25) is 0 Å². The number of aryl methyl sites for hydroxylation is 1. The minimum Gasteiger partial charge on any atom is -0.462 e. The zero-order valence-corrected chi connectivity index (χ0v) is 13.4. The Balaban J connectivity index is 1.99. The quantitative estimate of drug-likeness (QED) is 0.456. The average molecular weight is 312 g/mol. The van der Waals surface area contributed by atoms with E-state index < -0.39 is 5.97 Å². The van der Waals surface area contributed by atoms with Crippen LogP contribution in [0.25, 0.3) is 0 Å². The van der Waals surface area contributed by atoms with Crippen molar-refractivity contribution >= 4 is 11.9 Å². The predicted octanol–water partition coefficient (Wildman–Crippen LogP) is 4.17. The maximum Gasteiger partial charge on any atom is 0.343 e. The molecule has 0 atom stereocenters. The molecule has 4 heteroatoms. The maximum absolute atomic E-state index is 12.1. The molecule has 0 bridgehead atoms. The summed E-state index contributed by atoms with van der Waals surface area (Å²) in [6.07, 6.45) is 1.82. The molecule has 0 aliphatic rings. The molecule has 23 heavy (non-hydrogen) atoms. The molecule has 0 N–H and O–H groups in total. The second-order valence-electron chi connectivity index (χ2n) is 5.22. The molecule has 0 aromatic heterocycles. The van der Waals surface area contributed by atoms with Crippen LogP contribution in [0, 0.1) is 6.92 Å². The summed E-state index contributed by atoms with van der Waals surface area (Å²) in [5.41, 5.74) is 1.82. The van der Waals surface area contributed by atoms with Crippen LogP contribution in [-0.4, -0.2) is 18.5 Å². The van der Waals surface area contributed by atoms with Gasteiger partial charge < -0.3 is 9.47 Å². The largest absolute Gasteiger partial charge is 0.462 e. The lowest BCUT2D eigenvalue weighted by atomic mass is 10.1. The van der Waals surface area contributed by atoms with E-state index in [2.05, 4.69) is 0 Å². The van der Waals surface area contributed by atoms with Crippen molar-refractivity contribution in [3.8, 4) is 5.75 Å². The molecular weight excluding hydrogens is 292 g/mol. The number of ether oxygens (including phenoxy) is 2. The Morgan fingerprint density at radius 3 is 2.30 bits per heavy atom. The van der Waals surface area contributed by atoms with Crippen molar-refractivity contribution in [2.45, 2.75) is 26.7 Å². The van der Waals surface area contributed by atoms with E-state index in [-0.39, 0.29) is 5.97 Å². The molecule has 0 fully saturated rings. The summed E-state index contributed by atoms with van der Waals surface area (Å²) < 4.78 is 10.5. The van der Waals surface area contributed by atoms with Gasteiger partial charge in [0.15, 0.2) is 0 Å². The number of hydrogen-bond donors (Lipinski definition) is 0. The van der Waals surface area contributed by atoms with Crippen molar-refractivity contribution in [1.29, 1.82) is 0 Å². The summed E-state index contributed by atoms with van der Waals surface area (Å²) in [5.74, 6) is -0.389. The van der Waals surface area contributed by atoms with E-state index >= 15 is 0 Å². The van der Waals surface area contributed by atoms with Gasteiger partial charge in [0, 0.05) is 0 Å². The molecule has 4 nitrogen and oxygen atoms in total. The summed E-state index contributed by atoms with van der Waals surface area (Å²) in [5, 5.41) is 0. The molecule has 0 saturated carbocycles. The number of rotatable bonds is 6. The van der Waals surface area contributed by atoms with Gasteiger partial charge in [0.1, 0.15) is 5.75 Å². The number of carbonyl (C=O) groups is 2. The number of hydrogen-bond acceptors (Lipinski definition) is 4. The van der Waals surface area contributed by atoms with Gasteiger partial charge in [-0.25, -0.2) is 9.59 Å². The van der Waals surface area contributed by atoms with Crippen molar-refractivity contribution < 1.29 is 19.1 Å². The molecule has 120 valence electrons. The summed E-state index contributed by atoms with van der Waals surface area (Å²) in [7, 11) is 0. The monoisotopic (exact) mass is 312 g/mol. The van der Waals surface area contributed by atoms with Crippen molar-refractivity contribution in [2.24, 2.45) is 0 Å². The highest BCUT2D eigenvalue weighted by Gasteiger charge is 2.12. The Morgan fingerprint density at radius 2 is 1.65 bits per heavy atom. The molecule has 2 aromatic carbocycles. The minimum absolute atomic E-state index is 0.366. The van der Waals surface area contributed by atoms with Crippen LogP contribution in [0.5, 0.6) is 5.75 Å². The molecule has 0 aliphatic heterocycles. The van der Waals surface area contributed by atoms with Crippen LogP contribution >= 0.6 is 0 Å². The fourth-order valence-electron chi connectivity index (χ4n) is 2.02. The van der Waals surface area contributed by atoms with Crippen molar-refractivity contribution in [1.82, 2.24) is 0 Å². The van der Waals surface area contributed by atoms with E-state index in [0.717, 1.165) is 18.4 Å². The highest BCUT2D eigenvalue weighted by Crippen LogP contribution is 2.16. The highest BCUT2D eigenvalue weighted by molar-refractivity contribution is 5.93. The van der Waals surface area contributed by atoms with Gasteiger partial charge in [-0.15, -0.1) is 0 Å². The van der Waals surface area contributed by atoms with Crippen molar-refractivity contribution in [3.05, 3.63) is 65.2 Å². The van der Waals surface area contributed by atoms with Crippen LogP contribution in [0.15, 0.2) is 48.5 Å². The first-order valence-electron chi connectivity index (χ1n) is 7.67. The molecule has 0 aliphatic carbocycles. The van der Waals surface area contributed by atoms with Gasteiger partial charge in [-0.2, -0.15) is 0 Å². The first-order valence-corrected chi connectivity index (χ1v) is 7.67. The lowest BCUT2D eigenvalue weighted by Crippen LogP contribution is -2.10. The lowest BCUT2D eigenvalue weighted by Gasteiger charge is -2.07. The molecular formula is C19H20O4. The molecule has 0 radical (unpaired) electrons. The second kappa shape index (κ2) is 8.13. The van der Waals surface area contributed by atoms with E-state index in [4.69, 9.17) is 9.47 Å². The summed E-state index contributed by atoms with van der Waals surface area (Å²) >= 11 is 0. The van der Waals surface area contributed by atoms with E-state index in [1.165, 1.54) is 0 Å². The van der Waals surface area contributed by atoms with E-state index in [9.17, 15) is 9.59 Å². The lowest BCUT2D eigenvalue weighted by molar-refractivity contribution is 0.0499. The third-order valence-corrected chi connectivity index (χ3v) is 3.40. The smallest absolute Gasteiger partial charge is 0.343 e. The fraction of sp³-hybridized carbons (Fsp3) is 0.263. The van der Waals surface area contributed by atoms with Crippen LogP contribution in [0.2, 0.25) is 0 Å². The van der Waals surface area contributed by atoms with E-state index in [1.54, 1.807) is 36.4 Å². The number of benzene rings is 2. The second-order valence-corrected chi connectivity index (χ2v) is 5.22. The van der Waals surface area contributed by atoms with Gasteiger partial charge in [-0.05, 0) is 49.2 Å². The standard InChI is InChI=1S/C19H20O4/c1-3-4-13-22-18(20)15-9-11-16(12-10-15)23-19(21)17-8-6-5-7-14(17)2/h5-12H,3-4,13H2,1-2H3. The SMILES string of the molecule is CCCCOC(=O)c1ccc(OC(=O)c2ccccc2C)cc1. The van der Waals surface area contributed by atoms with Crippen LogP contribution < -0.4 is 4.74 Å². The Morgan fingerprint density at radius 1 is 0.957 bits per heavy atom. The molecule has 0 amide bonds. The number of esters is 2. The first kappa shape index (κ1) is 16.7. The first-order chi connectivity index (χ1) is 11.1. The van der Waals surface area contributed by atoms with Crippen molar-refractivity contribution in [2.75, 3.05) is 6.61 Å². The van der Waals surface area contributed by atoms with Crippen LogP contribution in [0.4, 0.5) is 0 Å². The van der Waals surface area contributed by atoms with Crippen molar-refractivity contribution in [3.63, 3.8) is 0 Å². The Kier molecular flexibility index (Phi) is 5.92. The molecule has 2 rings (SSSR count). The molecule has 0 heterocycles. The van der Waals surface area contributed by atoms with E-state index in [1.807, 2.05) is 26.0 Å². The average Bonchev–Trinajstić information content (AvgIpc) is 2.56. The zero-order chi connectivity index (χ0) is 16.7.